The molecule has 0 fully saturated rings. The van der Waals surface area contributed by atoms with E-state index in [9.17, 15) is 4.79 Å². The maximum absolute atomic E-state index is 13.0. The summed E-state index contributed by atoms with van der Waals surface area (Å²) < 4.78 is 5.32. The SMILES string of the molecule is CCCC/C(=C\C([B-][P+](CCCC)(CCCC)CCCC)C(=O)OC)c1ccccc1. The van der Waals surface area contributed by atoms with Crippen molar-refractivity contribution >= 4 is 25.7 Å². The van der Waals surface area contributed by atoms with E-state index in [0.717, 1.165) is 19.3 Å². The molecule has 0 aliphatic rings. The zero-order chi connectivity index (χ0) is 23.0. The molecule has 0 heterocycles. The number of benzene rings is 1. The van der Waals surface area contributed by atoms with Crippen molar-refractivity contribution in [1.82, 2.24) is 0 Å². The third-order valence-corrected chi connectivity index (χ3v) is 10.7. The van der Waals surface area contributed by atoms with E-state index < -0.39 is 7.14 Å². The first kappa shape index (κ1) is 28.0. The van der Waals surface area contributed by atoms with Crippen LogP contribution in [0.4, 0.5) is 0 Å². The first-order valence-corrected chi connectivity index (χ1v) is 15.0. The number of ether oxygens (including phenoxy) is 1. The average Bonchev–Trinajstić information content (AvgIpc) is 2.81. The summed E-state index contributed by atoms with van der Waals surface area (Å²) in [6, 6.07) is 10.6. The molecule has 0 saturated heterocycles. The van der Waals surface area contributed by atoms with Gasteiger partial charge in [-0.1, -0.05) is 96.5 Å². The van der Waals surface area contributed by atoms with Crippen LogP contribution < -0.4 is 0 Å². The molecule has 0 spiro atoms. The van der Waals surface area contributed by atoms with Gasteiger partial charge in [-0.15, -0.1) is 6.08 Å². The lowest BCUT2D eigenvalue weighted by atomic mass is 9.82. The minimum atomic E-state index is -1.31. The average molecular weight is 444 g/mol. The number of hydrogen-bond donors (Lipinski definition) is 0. The largest absolute Gasteiger partial charge is 0.471 e. The van der Waals surface area contributed by atoms with Gasteiger partial charge in [-0.05, 0) is 43.2 Å². The van der Waals surface area contributed by atoms with Crippen LogP contribution in [0.25, 0.3) is 5.57 Å². The molecule has 1 unspecified atom stereocenters. The van der Waals surface area contributed by atoms with Crippen molar-refractivity contribution in [3.63, 3.8) is 0 Å². The number of rotatable bonds is 17. The lowest BCUT2D eigenvalue weighted by Gasteiger charge is -2.42. The first-order valence-electron chi connectivity index (χ1n) is 12.6. The Kier molecular flexibility index (Phi) is 14.9. The third-order valence-electron chi connectivity index (χ3n) is 6.15. The van der Waals surface area contributed by atoms with Crippen molar-refractivity contribution in [1.29, 1.82) is 0 Å². The van der Waals surface area contributed by atoms with Crippen molar-refractivity contribution < 1.29 is 9.53 Å². The number of hydrogen-bond acceptors (Lipinski definition) is 2. The van der Waals surface area contributed by atoms with Crippen LogP contribution in [-0.2, 0) is 9.53 Å². The minimum absolute atomic E-state index is 0.0983. The minimum Gasteiger partial charge on any atom is -0.471 e. The zero-order valence-corrected chi connectivity index (χ0v) is 21.8. The van der Waals surface area contributed by atoms with Gasteiger partial charge in [0.25, 0.3) is 5.97 Å². The number of esters is 1. The predicted molar refractivity (Wildman–Crippen MR) is 142 cm³/mol. The highest BCUT2D eigenvalue weighted by Gasteiger charge is 2.29. The zero-order valence-electron chi connectivity index (χ0n) is 20.9. The van der Waals surface area contributed by atoms with Gasteiger partial charge in [-0.2, -0.15) is 0 Å². The topological polar surface area (TPSA) is 26.3 Å². The highest BCUT2D eigenvalue weighted by atomic mass is 31.2. The molecule has 1 rings (SSSR count). The van der Waals surface area contributed by atoms with Crippen LogP contribution in [-0.4, -0.2) is 38.6 Å². The number of unbranched alkanes of at least 4 members (excludes halogenated alkanes) is 4. The summed E-state index contributed by atoms with van der Waals surface area (Å²) in [6.45, 7) is 11.6. The summed E-state index contributed by atoms with van der Waals surface area (Å²) >= 11 is 0. The molecule has 0 aromatic heterocycles. The fourth-order valence-corrected chi connectivity index (χ4v) is 9.03. The van der Waals surface area contributed by atoms with Crippen LogP contribution in [0.15, 0.2) is 36.4 Å². The molecule has 0 aliphatic carbocycles. The summed E-state index contributed by atoms with van der Waals surface area (Å²) in [4.78, 5) is 13.0. The van der Waals surface area contributed by atoms with Gasteiger partial charge >= 0.3 is 0 Å². The number of carbonyl (C=O) groups is 1. The second kappa shape index (κ2) is 16.5. The van der Waals surface area contributed by atoms with Crippen LogP contribution >= 0.6 is 7.14 Å². The lowest BCUT2D eigenvalue weighted by Crippen LogP contribution is -2.23. The predicted octanol–water partition coefficient (Wildman–Crippen LogP) is 8.26. The Labute approximate surface area is 194 Å². The van der Waals surface area contributed by atoms with Crippen LogP contribution in [0.2, 0.25) is 5.82 Å². The highest BCUT2D eigenvalue weighted by Crippen LogP contribution is 2.61. The number of allylic oxidation sites excluding steroid dienone is 1. The summed E-state index contributed by atoms with van der Waals surface area (Å²) in [6.07, 6.45) is 16.8. The molecule has 2 nitrogen and oxygen atoms in total. The van der Waals surface area contributed by atoms with Crippen LogP contribution in [0.3, 0.4) is 0 Å². The van der Waals surface area contributed by atoms with E-state index in [1.807, 2.05) is 0 Å². The van der Waals surface area contributed by atoms with Crippen molar-refractivity contribution in [3.8, 4) is 0 Å². The Hall–Kier alpha value is -1.08. The van der Waals surface area contributed by atoms with E-state index in [0.29, 0.717) is 0 Å². The van der Waals surface area contributed by atoms with Crippen LogP contribution in [0.1, 0.15) is 91.0 Å². The summed E-state index contributed by atoms with van der Waals surface area (Å²) in [5.41, 5.74) is 2.52. The van der Waals surface area contributed by atoms with Crippen LogP contribution in [0, 0.1) is 0 Å². The molecule has 2 radical (unpaired) electrons. The number of carbonyl (C=O) groups excluding carboxylic acids is 1. The smallest absolute Gasteiger partial charge is 0.274 e. The van der Waals surface area contributed by atoms with Gasteiger partial charge in [0.05, 0.1) is 7.11 Å². The van der Waals surface area contributed by atoms with Crippen molar-refractivity contribution in [2.45, 2.75) is 91.3 Å². The maximum Gasteiger partial charge on any atom is 0.274 e. The van der Waals surface area contributed by atoms with Gasteiger partial charge in [0.1, 0.15) is 0 Å². The standard InChI is InChI=1S/C27H46BO2P/c1-6-10-17-25(24-18-15-14-16-19-24)23-26(27(29)30-5)28-31(20-11-7-2,21-12-8-3)22-13-9-4/h14-16,18-19,23,26H,6-13,17,20-22H2,1-5H3/b25-23+. The van der Waals surface area contributed by atoms with Gasteiger partial charge < -0.3 is 4.74 Å². The Morgan fingerprint density at radius 2 is 1.42 bits per heavy atom. The third kappa shape index (κ3) is 10.4. The van der Waals surface area contributed by atoms with E-state index >= 15 is 0 Å². The van der Waals surface area contributed by atoms with Gasteiger partial charge in [-0.25, -0.2) is 7.14 Å². The van der Waals surface area contributed by atoms with Crippen molar-refractivity contribution in [2.75, 3.05) is 25.6 Å². The molecule has 1 atom stereocenters. The molecule has 1 aromatic carbocycles. The Morgan fingerprint density at radius 1 is 0.903 bits per heavy atom. The van der Waals surface area contributed by atoms with E-state index in [4.69, 9.17) is 4.74 Å². The summed E-state index contributed by atoms with van der Waals surface area (Å²) in [5, 5.41) is 0. The van der Waals surface area contributed by atoms with Gasteiger partial charge in [0.15, 0.2) is 0 Å². The van der Waals surface area contributed by atoms with E-state index in [-0.39, 0.29) is 11.8 Å². The second-order valence-electron chi connectivity index (χ2n) is 8.81. The van der Waals surface area contributed by atoms with Crippen molar-refractivity contribution in [3.05, 3.63) is 42.0 Å². The van der Waals surface area contributed by atoms with E-state index in [2.05, 4.69) is 71.1 Å². The molecule has 31 heavy (non-hydrogen) atoms. The van der Waals surface area contributed by atoms with E-state index in [1.54, 1.807) is 0 Å². The molecule has 0 aliphatic heterocycles. The molecular weight excluding hydrogens is 398 g/mol. The molecule has 4 heteroatoms. The van der Waals surface area contributed by atoms with Crippen LogP contribution in [0.5, 0.6) is 0 Å². The summed E-state index contributed by atoms with van der Waals surface area (Å²) in [5.74, 6) is -0.338. The van der Waals surface area contributed by atoms with Crippen molar-refractivity contribution in [2.24, 2.45) is 0 Å². The normalized spacial score (nSPS) is 13.3. The quantitative estimate of drug-likeness (QED) is 0.137. The second-order valence-corrected chi connectivity index (χ2v) is 12.9. The molecule has 0 amide bonds. The Morgan fingerprint density at radius 3 is 1.87 bits per heavy atom. The van der Waals surface area contributed by atoms with E-state index in [1.165, 1.54) is 75.3 Å². The number of methoxy groups -OCH3 is 1. The molecule has 174 valence electrons. The molecular formula is C27H46BO2P. The molecule has 1 aromatic rings. The Bertz CT molecular complexity index is 608. The highest BCUT2D eigenvalue weighted by molar-refractivity contribution is 8.00. The van der Waals surface area contributed by atoms with Gasteiger partial charge in [-0.3, -0.25) is 4.79 Å². The van der Waals surface area contributed by atoms with Gasteiger partial charge in [0.2, 0.25) is 0 Å². The monoisotopic (exact) mass is 444 g/mol. The first-order chi connectivity index (χ1) is 15.1. The molecule has 0 bridgehead atoms. The Balaban J connectivity index is 3.32. The lowest BCUT2D eigenvalue weighted by molar-refractivity contribution is -0.139. The van der Waals surface area contributed by atoms with Gasteiger partial charge in [0, 0.05) is 18.5 Å². The summed E-state index contributed by atoms with van der Waals surface area (Å²) in [7, 11) is 0.224. The fourth-order valence-electron chi connectivity index (χ4n) is 4.19. The maximum atomic E-state index is 13.0. The fraction of sp³-hybridized carbons (Fsp3) is 0.667. The molecule has 0 saturated carbocycles. The molecule has 0 N–H and O–H groups in total.